The summed E-state index contributed by atoms with van der Waals surface area (Å²) in [5, 5.41) is 14.8. The van der Waals surface area contributed by atoms with Crippen molar-refractivity contribution >= 4 is 52.2 Å². The van der Waals surface area contributed by atoms with E-state index in [2.05, 4.69) is 21.4 Å². The molecule has 9 nitrogen and oxygen atoms in total. The number of amides is 3. The summed E-state index contributed by atoms with van der Waals surface area (Å²) in [6.45, 7) is 1.38. The summed E-state index contributed by atoms with van der Waals surface area (Å²) in [6, 6.07) is 10.2. The van der Waals surface area contributed by atoms with E-state index >= 15 is 0 Å². The zero-order valence-corrected chi connectivity index (χ0v) is 21.8. The second-order valence-electron chi connectivity index (χ2n) is 7.60. The van der Waals surface area contributed by atoms with Crippen LogP contribution >= 0.6 is 34.5 Å². The summed E-state index contributed by atoms with van der Waals surface area (Å²) >= 11 is 13.3. The van der Waals surface area contributed by atoms with E-state index in [0.717, 1.165) is 5.56 Å². The van der Waals surface area contributed by atoms with Gasteiger partial charge < -0.3 is 19.9 Å². The number of thiazole rings is 1. The molecule has 0 aliphatic rings. The molecule has 0 aliphatic carbocycles. The molecule has 2 heterocycles. The van der Waals surface area contributed by atoms with E-state index < -0.39 is 0 Å². The number of hydrogen-bond donors (Lipinski definition) is 1. The number of ether oxygens (including phenoxy) is 1. The van der Waals surface area contributed by atoms with E-state index in [0.29, 0.717) is 40.4 Å². The van der Waals surface area contributed by atoms with Gasteiger partial charge >= 0.3 is 6.03 Å². The highest BCUT2D eigenvalue weighted by molar-refractivity contribution is 7.09. The number of nitriles is 1. The number of carbonyl (C=O) groups is 2. The van der Waals surface area contributed by atoms with E-state index in [9.17, 15) is 9.59 Å². The van der Waals surface area contributed by atoms with Gasteiger partial charge in [-0.3, -0.25) is 9.78 Å². The predicted molar refractivity (Wildman–Crippen MR) is 139 cm³/mol. The van der Waals surface area contributed by atoms with Gasteiger partial charge in [0.05, 0.1) is 35.7 Å². The summed E-state index contributed by atoms with van der Waals surface area (Å²) in [6.07, 6.45) is 3.53. The first-order valence-corrected chi connectivity index (χ1v) is 12.5. The molecule has 0 unspecified atom stereocenters. The smallest absolute Gasteiger partial charge is 0.322 e. The molecular weight excluding hydrogens is 523 g/mol. The van der Waals surface area contributed by atoms with Crippen LogP contribution in [0.25, 0.3) is 0 Å². The Labute approximate surface area is 223 Å². The van der Waals surface area contributed by atoms with Crippen LogP contribution in [0.15, 0.2) is 48.1 Å². The van der Waals surface area contributed by atoms with Gasteiger partial charge in [-0.15, -0.1) is 11.3 Å². The van der Waals surface area contributed by atoms with Crippen LogP contribution in [-0.4, -0.2) is 58.5 Å². The number of pyridine rings is 1. The highest BCUT2D eigenvalue weighted by atomic mass is 35.5. The van der Waals surface area contributed by atoms with Gasteiger partial charge in [-0.1, -0.05) is 29.3 Å². The summed E-state index contributed by atoms with van der Waals surface area (Å²) in [5.41, 5.74) is 1.60. The number of methoxy groups -OCH3 is 1. The molecule has 3 amide bonds. The Morgan fingerprint density at radius 3 is 2.69 bits per heavy atom. The second-order valence-corrected chi connectivity index (χ2v) is 9.35. The maximum atomic E-state index is 13.2. The van der Waals surface area contributed by atoms with Crippen LogP contribution in [0.4, 0.5) is 10.5 Å². The summed E-state index contributed by atoms with van der Waals surface area (Å²) in [4.78, 5) is 37.8. The Kier molecular flexibility index (Phi) is 10.5. The predicted octanol–water partition coefficient (Wildman–Crippen LogP) is 5.08. The van der Waals surface area contributed by atoms with Crippen LogP contribution < -0.4 is 5.32 Å². The molecule has 12 heteroatoms. The highest BCUT2D eigenvalue weighted by Crippen LogP contribution is 2.25. The lowest BCUT2D eigenvalue weighted by molar-refractivity contribution is 0.0741. The van der Waals surface area contributed by atoms with E-state index in [4.69, 9.17) is 33.2 Å². The first-order chi connectivity index (χ1) is 17.4. The number of carbonyl (C=O) groups excluding carboxylic acids is 2. The minimum Gasteiger partial charge on any atom is -0.383 e. The van der Waals surface area contributed by atoms with Crippen molar-refractivity contribution in [2.75, 3.05) is 32.1 Å². The van der Waals surface area contributed by atoms with Crippen molar-refractivity contribution in [1.29, 1.82) is 5.26 Å². The van der Waals surface area contributed by atoms with Crippen molar-refractivity contribution in [3.8, 4) is 6.07 Å². The fourth-order valence-corrected chi connectivity index (χ4v) is 4.27. The molecule has 3 aromatic rings. The van der Waals surface area contributed by atoms with E-state index in [1.54, 1.807) is 54.0 Å². The molecule has 36 heavy (non-hydrogen) atoms. The van der Waals surface area contributed by atoms with E-state index in [1.807, 2.05) is 6.07 Å². The van der Waals surface area contributed by atoms with Crippen LogP contribution in [0.2, 0.25) is 10.0 Å². The number of urea groups is 1. The third-order valence-electron chi connectivity index (χ3n) is 5.00. The summed E-state index contributed by atoms with van der Waals surface area (Å²) in [5.74, 6) is -0.291. The number of anilines is 1. The van der Waals surface area contributed by atoms with Gasteiger partial charge in [0.15, 0.2) is 0 Å². The van der Waals surface area contributed by atoms with Crippen molar-refractivity contribution in [3.63, 3.8) is 0 Å². The molecule has 0 spiro atoms. The fraction of sp³-hybridized carbons (Fsp3) is 0.292. The Bertz CT molecular complexity index is 1220. The van der Waals surface area contributed by atoms with Crippen LogP contribution in [0, 0.1) is 11.3 Å². The number of halogens is 2. The summed E-state index contributed by atoms with van der Waals surface area (Å²) < 4.78 is 5.14. The highest BCUT2D eigenvalue weighted by Gasteiger charge is 2.21. The Morgan fingerprint density at radius 1 is 1.17 bits per heavy atom. The molecule has 2 aromatic heterocycles. The van der Waals surface area contributed by atoms with Gasteiger partial charge in [-0.2, -0.15) is 5.26 Å². The van der Waals surface area contributed by atoms with Crippen LogP contribution in [-0.2, 0) is 17.8 Å². The Balaban J connectivity index is 1.71. The number of hydrogen-bond acceptors (Lipinski definition) is 7. The molecule has 0 atom stereocenters. The number of benzene rings is 1. The van der Waals surface area contributed by atoms with Gasteiger partial charge in [-0.25, -0.2) is 9.78 Å². The van der Waals surface area contributed by atoms with Crippen LogP contribution in [0.5, 0.6) is 0 Å². The van der Waals surface area contributed by atoms with E-state index in [-0.39, 0.29) is 37.1 Å². The Hall–Kier alpha value is -3.23. The lowest BCUT2D eigenvalue weighted by atomic mass is 10.2. The van der Waals surface area contributed by atoms with Gasteiger partial charge in [-0.05, 0) is 29.8 Å². The monoisotopic (exact) mass is 546 g/mol. The number of rotatable bonds is 11. The molecule has 0 radical (unpaired) electrons. The molecule has 0 bridgehead atoms. The van der Waals surface area contributed by atoms with E-state index in [1.165, 1.54) is 16.2 Å². The number of nitrogens with zero attached hydrogens (tertiary/aromatic N) is 5. The average molecular weight is 547 g/mol. The normalized spacial score (nSPS) is 10.5. The number of nitrogens with one attached hydrogen (secondary N) is 1. The van der Waals surface area contributed by atoms with Gasteiger partial charge in [0.1, 0.15) is 10.7 Å². The largest absolute Gasteiger partial charge is 0.383 e. The van der Waals surface area contributed by atoms with Crippen LogP contribution in [0.3, 0.4) is 0 Å². The topological polar surface area (TPSA) is 111 Å². The van der Waals surface area contributed by atoms with Crippen LogP contribution in [0.1, 0.15) is 27.5 Å². The SMILES string of the molecule is COCCN(Cc1nc(C(=O)N(CCC#N)Cc2cccnc2)cs1)C(=O)Nc1ccc(Cl)c(Cl)c1. The van der Waals surface area contributed by atoms with Gasteiger partial charge in [0.25, 0.3) is 5.91 Å². The maximum absolute atomic E-state index is 13.2. The minimum absolute atomic E-state index is 0.176. The van der Waals surface area contributed by atoms with Gasteiger partial charge in [0.2, 0.25) is 0 Å². The lowest BCUT2D eigenvalue weighted by Gasteiger charge is -2.22. The third-order valence-corrected chi connectivity index (χ3v) is 6.57. The maximum Gasteiger partial charge on any atom is 0.322 e. The first kappa shape index (κ1) is 27.4. The zero-order valence-electron chi connectivity index (χ0n) is 19.5. The van der Waals surface area contributed by atoms with Crippen molar-refractivity contribution in [1.82, 2.24) is 19.8 Å². The van der Waals surface area contributed by atoms with Crippen molar-refractivity contribution in [2.45, 2.75) is 19.5 Å². The lowest BCUT2D eigenvalue weighted by Crippen LogP contribution is -2.37. The summed E-state index contributed by atoms with van der Waals surface area (Å²) in [7, 11) is 1.55. The van der Waals surface area contributed by atoms with Crippen molar-refractivity contribution in [2.24, 2.45) is 0 Å². The average Bonchev–Trinajstić information content (AvgIpc) is 3.35. The molecule has 188 valence electrons. The fourth-order valence-electron chi connectivity index (χ4n) is 3.19. The molecule has 0 saturated heterocycles. The molecule has 0 fully saturated rings. The second kappa shape index (κ2) is 13.8. The molecule has 0 aliphatic heterocycles. The molecular formula is C24H24Cl2N6O3S. The van der Waals surface area contributed by atoms with Gasteiger partial charge in [0, 0.05) is 50.2 Å². The minimum atomic E-state index is -0.374. The Morgan fingerprint density at radius 2 is 2.00 bits per heavy atom. The standard InChI is InChI=1S/C24H24Cl2N6O3S/c1-35-11-10-32(24(34)29-18-5-6-19(25)20(26)12-18)15-22-30-21(16-36-22)23(33)31(9-3-7-27)14-17-4-2-8-28-13-17/h2,4-6,8,12-13,16H,3,9-11,14-15H2,1H3,(H,29,34). The molecule has 0 saturated carbocycles. The molecule has 1 N–H and O–H groups in total. The first-order valence-electron chi connectivity index (χ1n) is 10.9. The molecule has 1 aromatic carbocycles. The molecule has 3 rings (SSSR count). The third kappa shape index (κ3) is 7.90. The number of aromatic nitrogens is 2. The van der Waals surface area contributed by atoms with Crippen molar-refractivity contribution in [3.05, 3.63) is 74.4 Å². The van der Waals surface area contributed by atoms with Crippen molar-refractivity contribution < 1.29 is 14.3 Å². The quantitative estimate of drug-likeness (QED) is 0.358. The zero-order chi connectivity index (χ0) is 25.9.